The first-order valence-electron chi connectivity index (χ1n) is 8.60. The van der Waals surface area contributed by atoms with Gasteiger partial charge < -0.3 is 9.88 Å². The molecule has 0 saturated carbocycles. The van der Waals surface area contributed by atoms with E-state index in [1.165, 1.54) is 19.3 Å². The van der Waals surface area contributed by atoms with Crippen LogP contribution in [0, 0.1) is 0 Å². The Bertz CT molecular complexity index is 693. The summed E-state index contributed by atoms with van der Waals surface area (Å²) in [5.74, 6) is 2.09. The van der Waals surface area contributed by atoms with Gasteiger partial charge in [0.15, 0.2) is 0 Å². The number of nitrogens with one attached hydrogen (secondary N) is 1. The maximum absolute atomic E-state index is 11.8. The first-order valence-corrected chi connectivity index (χ1v) is 8.60. The van der Waals surface area contributed by atoms with Gasteiger partial charge in [-0.1, -0.05) is 6.42 Å². The summed E-state index contributed by atoms with van der Waals surface area (Å²) < 4.78 is 2.26. The Balaban J connectivity index is 1.42. The van der Waals surface area contributed by atoms with Gasteiger partial charge in [0.25, 0.3) is 0 Å². The van der Waals surface area contributed by atoms with Crippen molar-refractivity contribution in [2.45, 2.75) is 45.1 Å². The van der Waals surface area contributed by atoms with E-state index in [0.717, 1.165) is 43.0 Å². The molecule has 0 bridgehead atoms. The average molecular weight is 325 g/mol. The van der Waals surface area contributed by atoms with Crippen LogP contribution in [0.2, 0.25) is 0 Å². The molecule has 0 aromatic carbocycles. The van der Waals surface area contributed by atoms with Crippen LogP contribution in [0.15, 0.2) is 30.6 Å². The van der Waals surface area contributed by atoms with E-state index in [9.17, 15) is 4.79 Å². The molecular formula is C18H23N5O. The topological polar surface area (TPSA) is 72.7 Å². The summed E-state index contributed by atoms with van der Waals surface area (Å²) >= 11 is 0. The third-order valence-corrected chi connectivity index (χ3v) is 4.20. The normalized spacial score (nSPS) is 14.3. The van der Waals surface area contributed by atoms with Crippen LogP contribution >= 0.6 is 0 Å². The van der Waals surface area contributed by atoms with Crippen molar-refractivity contribution in [3.05, 3.63) is 47.8 Å². The van der Waals surface area contributed by atoms with Gasteiger partial charge in [-0.05, 0) is 43.0 Å². The first kappa shape index (κ1) is 16.4. The SMILES string of the molecule is O=C(/C=C/c1ccncc1)NCCCc1nnc2n1CCCCC2. The molecule has 1 amide bonds. The zero-order chi connectivity index (χ0) is 16.6. The third-order valence-electron chi connectivity index (χ3n) is 4.20. The standard InChI is InChI=1S/C18H23N5O/c24-18(8-7-15-9-12-19-13-10-15)20-11-4-6-17-22-21-16-5-2-1-3-14-23(16)17/h7-10,12-13H,1-6,11,14H2,(H,20,24)/b8-7+. The molecule has 3 rings (SSSR count). The molecule has 0 saturated heterocycles. The van der Waals surface area contributed by atoms with Gasteiger partial charge in [0.2, 0.25) is 5.91 Å². The van der Waals surface area contributed by atoms with Crippen LogP contribution < -0.4 is 5.32 Å². The fourth-order valence-electron chi connectivity index (χ4n) is 2.89. The molecule has 0 spiro atoms. The molecule has 2 aromatic heterocycles. The van der Waals surface area contributed by atoms with Crippen LogP contribution in [-0.2, 0) is 24.2 Å². The number of pyridine rings is 1. The highest BCUT2D eigenvalue weighted by Gasteiger charge is 2.13. The predicted molar refractivity (Wildman–Crippen MR) is 92.2 cm³/mol. The van der Waals surface area contributed by atoms with E-state index in [4.69, 9.17) is 0 Å². The smallest absolute Gasteiger partial charge is 0.243 e. The number of aromatic nitrogens is 4. The predicted octanol–water partition coefficient (Wildman–Crippen LogP) is 2.16. The van der Waals surface area contributed by atoms with Gasteiger partial charge >= 0.3 is 0 Å². The Morgan fingerprint density at radius 2 is 2.08 bits per heavy atom. The average Bonchev–Trinajstić information content (AvgIpc) is 2.84. The van der Waals surface area contributed by atoms with Crippen molar-refractivity contribution in [1.82, 2.24) is 25.1 Å². The zero-order valence-electron chi connectivity index (χ0n) is 13.8. The van der Waals surface area contributed by atoms with E-state index in [1.807, 2.05) is 12.1 Å². The van der Waals surface area contributed by atoms with Gasteiger partial charge in [-0.3, -0.25) is 9.78 Å². The largest absolute Gasteiger partial charge is 0.353 e. The molecule has 126 valence electrons. The van der Waals surface area contributed by atoms with Gasteiger partial charge in [0.1, 0.15) is 11.6 Å². The van der Waals surface area contributed by atoms with Crippen LogP contribution in [0.1, 0.15) is 42.9 Å². The number of hydrogen-bond acceptors (Lipinski definition) is 4. The number of amides is 1. The van der Waals surface area contributed by atoms with Crippen molar-refractivity contribution in [2.24, 2.45) is 0 Å². The number of fused-ring (bicyclic) bond motifs is 1. The summed E-state index contributed by atoms with van der Waals surface area (Å²) in [6.45, 7) is 1.67. The van der Waals surface area contributed by atoms with E-state index < -0.39 is 0 Å². The summed E-state index contributed by atoms with van der Waals surface area (Å²) in [7, 11) is 0. The quantitative estimate of drug-likeness (QED) is 0.652. The highest BCUT2D eigenvalue weighted by Crippen LogP contribution is 2.15. The molecule has 0 aliphatic carbocycles. The lowest BCUT2D eigenvalue weighted by molar-refractivity contribution is -0.116. The van der Waals surface area contributed by atoms with E-state index >= 15 is 0 Å². The fourth-order valence-corrected chi connectivity index (χ4v) is 2.89. The number of carbonyl (C=O) groups is 1. The Labute approximate surface area is 142 Å². The Morgan fingerprint density at radius 3 is 2.96 bits per heavy atom. The van der Waals surface area contributed by atoms with Crippen molar-refractivity contribution < 1.29 is 4.79 Å². The fraction of sp³-hybridized carbons (Fsp3) is 0.444. The maximum Gasteiger partial charge on any atom is 0.243 e. The monoisotopic (exact) mass is 325 g/mol. The van der Waals surface area contributed by atoms with Crippen LogP contribution in [0.3, 0.4) is 0 Å². The minimum Gasteiger partial charge on any atom is -0.353 e. The molecule has 2 aromatic rings. The van der Waals surface area contributed by atoms with E-state index in [1.54, 1.807) is 24.5 Å². The lowest BCUT2D eigenvalue weighted by atomic mass is 10.2. The second-order valence-corrected chi connectivity index (χ2v) is 6.00. The molecule has 6 heteroatoms. The molecular weight excluding hydrogens is 302 g/mol. The molecule has 0 unspecified atom stereocenters. The molecule has 1 aliphatic heterocycles. The summed E-state index contributed by atoms with van der Waals surface area (Å²) in [6, 6.07) is 3.72. The number of hydrogen-bond donors (Lipinski definition) is 1. The number of aryl methyl sites for hydroxylation is 2. The third kappa shape index (κ3) is 4.50. The van der Waals surface area contributed by atoms with Crippen molar-refractivity contribution in [3.63, 3.8) is 0 Å². The summed E-state index contributed by atoms with van der Waals surface area (Å²) in [4.78, 5) is 15.8. The summed E-state index contributed by atoms with van der Waals surface area (Å²) in [5.41, 5.74) is 0.964. The second kappa shape index (κ2) is 8.38. The van der Waals surface area contributed by atoms with Crippen LogP contribution in [-0.4, -0.2) is 32.2 Å². The van der Waals surface area contributed by atoms with Gasteiger partial charge in [-0.15, -0.1) is 10.2 Å². The van der Waals surface area contributed by atoms with Gasteiger partial charge in [-0.25, -0.2) is 0 Å². The number of rotatable bonds is 6. The van der Waals surface area contributed by atoms with Crippen molar-refractivity contribution in [3.8, 4) is 0 Å². The Hall–Kier alpha value is -2.50. The molecule has 1 aliphatic rings. The Morgan fingerprint density at radius 1 is 1.21 bits per heavy atom. The molecule has 6 nitrogen and oxygen atoms in total. The minimum atomic E-state index is -0.0770. The number of carbonyl (C=O) groups excluding carboxylic acids is 1. The number of nitrogens with zero attached hydrogens (tertiary/aromatic N) is 4. The molecule has 0 atom stereocenters. The van der Waals surface area contributed by atoms with Crippen LogP contribution in [0.4, 0.5) is 0 Å². The summed E-state index contributed by atoms with van der Waals surface area (Å²) in [5, 5.41) is 11.5. The maximum atomic E-state index is 11.8. The van der Waals surface area contributed by atoms with Crippen molar-refractivity contribution in [1.29, 1.82) is 0 Å². The lowest BCUT2D eigenvalue weighted by Gasteiger charge is -2.07. The highest BCUT2D eigenvalue weighted by molar-refractivity contribution is 5.91. The van der Waals surface area contributed by atoms with E-state index in [0.29, 0.717) is 6.54 Å². The molecule has 0 fully saturated rings. The van der Waals surface area contributed by atoms with Gasteiger partial charge in [-0.2, -0.15) is 0 Å². The van der Waals surface area contributed by atoms with Gasteiger partial charge in [0.05, 0.1) is 0 Å². The van der Waals surface area contributed by atoms with Crippen molar-refractivity contribution in [2.75, 3.05) is 6.54 Å². The zero-order valence-corrected chi connectivity index (χ0v) is 13.8. The van der Waals surface area contributed by atoms with Crippen LogP contribution in [0.5, 0.6) is 0 Å². The summed E-state index contributed by atoms with van der Waals surface area (Å²) in [6.07, 6.45) is 13.2. The molecule has 0 radical (unpaired) electrons. The van der Waals surface area contributed by atoms with Gasteiger partial charge in [0, 0.05) is 44.4 Å². The molecule has 3 heterocycles. The molecule has 1 N–H and O–H groups in total. The van der Waals surface area contributed by atoms with Crippen molar-refractivity contribution >= 4 is 12.0 Å². The Kier molecular flexibility index (Phi) is 5.71. The van der Waals surface area contributed by atoms with Crippen LogP contribution in [0.25, 0.3) is 6.08 Å². The second-order valence-electron chi connectivity index (χ2n) is 6.00. The van der Waals surface area contributed by atoms with E-state index in [-0.39, 0.29) is 5.91 Å². The molecule has 24 heavy (non-hydrogen) atoms. The first-order chi connectivity index (χ1) is 11.8. The van der Waals surface area contributed by atoms with E-state index in [2.05, 4.69) is 25.1 Å². The minimum absolute atomic E-state index is 0.0770. The highest BCUT2D eigenvalue weighted by atomic mass is 16.1. The lowest BCUT2D eigenvalue weighted by Crippen LogP contribution is -2.22.